The molecule has 0 radical (unpaired) electrons. The van der Waals surface area contributed by atoms with Crippen molar-refractivity contribution in [3.63, 3.8) is 0 Å². The lowest BCUT2D eigenvalue weighted by atomic mass is 9.97. The van der Waals surface area contributed by atoms with Gasteiger partial charge in [-0.2, -0.15) is 5.10 Å². The maximum absolute atomic E-state index is 12.6. The lowest BCUT2D eigenvalue weighted by Crippen LogP contribution is -2.21. The number of fused-ring (bicyclic) bond motifs is 1. The van der Waals surface area contributed by atoms with Crippen LogP contribution < -0.4 is 5.56 Å². The van der Waals surface area contributed by atoms with Crippen LogP contribution in [0.15, 0.2) is 53.5 Å². The number of rotatable bonds is 5. The Morgan fingerprint density at radius 3 is 2.71 bits per heavy atom. The summed E-state index contributed by atoms with van der Waals surface area (Å²) >= 11 is 0. The summed E-state index contributed by atoms with van der Waals surface area (Å²) in [6.07, 6.45) is 9.15. The fourth-order valence-corrected chi connectivity index (χ4v) is 4.80. The molecule has 1 aromatic carbocycles. The van der Waals surface area contributed by atoms with Crippen LogP contribution in [0.2, 0.25) is 0 Å². The van der Waals surface area contributed by atoms with Gasteiger partial charge in [-0.25, -0.2) is 9.67 Å². The third kappa shape index (κ3) is 3.76. The molecule has 6 heteroatoms. The van der Waals surface area contributed by atoms with Crippen molar-refractivity contribution >= 4 is 16.6 Å². The zero-order chi connectivity index (χ0) is 21.5. The molecule has 3 heterocycles. The summed E-state index contributed by atoms with van der Waals surface area (Å²) < 4.78 is 1.84. The Labute approximate surface area is 182 Å². The van der Waals surface area contributed by atoms with Gasteiger partial charge in [0.15, 0.2) is 5.65 Å². The van der Waals surface area contributed by atoms with E-state index in [1.807, 2.05) is 4.68 Å². The average molecular weight is 416 g/mol. The summed E-state index contributed by atoms with van der Waals surface area (Å²) in [6, 6.07) is 9.09. The second kappa shape index (κ2) is 7.93. The first kappa shape index (κ1) is 19.9. The Morgan fingerprint density at radius 2 is 2.00 bits per heavy atom. The molecule has 1 saturated heterocycles. The first-order chi connectivity index (χ1) is 15.0. The van der Waals surface area contributed by atoms with Crippen molar-refractivity contribution in [1.29, 1.82) is 0 Å². The monoisotopic (exact) mass is 415 g/mol. The second-order valence-corrected chi connectivity index (χ2v) is 9.17. The van der Waals surface area contributed by atoms with Crippen LogP contribution in [0.1, 0.15) is 56.1 Å². The highest BCUT2D eigenvalue weighted by Crippen LogP contribution is 2.32. The Hall–Kier alpha value is -2.99. The Balaban J connectivity index is 1.33. The van der Waals surface area contributed by atoms with Gasteiger partial charge in [-0.1, -0.05) is 49.4 Å². The molecule has 2 aromatic heterocycles. The normalized spacial score (nSPS) is 21.5. The van der Waals surface area contributed by atoms with E-state index in [0.717, 1.165) is 31.9 Å². The van der Waals surface area contributed by atoms with Crippen molar-refractivity contribution < 1.29 is 0 Å². The Kier molecular flexibility index (Phi) is 5.10. The van der Waals surface area contributed by atoms with Gasteiger partial charge in [0.1, 0.15) is 11.2 Å². The van der Waals surface area contributed by atoms with Crippen LogP contribution in [0.5, 0.6) is 0 Å². The van der Waals surface area contributed by atoms with Crippen molar-refractivity contribution in [3.05, 3.63) is 76.0 Å². The topological polar surface area (TPSA) is 66.8 Å². The molecule has 0 amide bonds. The molecule has 1 aliphatic heterocycles. The Morgan fingerprint density at radius 1 is 1.19 bits per heavy atom. The van der Waals surface area contributed by atoms with Crippen molar-refractivity contribution in [1.82, 2.24) is 24.6 Å². The molecule has 5 rings (SSSR count). The molecule has 0 unspecified atom stereocenters. The third-order valence-corrected chi connectivity index (χ3v) is 6.51. The fourth-order valence-electron chi connectivity index (χ4n) is 4.80. The first-order valence-corrected chi connectivity index (χ1v) is 11.1. The number of benzene rings is 1. The SMILES string of the molecule is CC(C)n1ncc2c(=O)[nH]c([C@@H]3CN(Cc4ccc(C5=CC=CC5)cc4)C[C@H]3C)nc21. The van der Waals surface area contributed by atoms with Gasteiger partial charge < -0.3 is 4.98 Å². The summed E-state index contributed by atoms with van der Waals surface area (Å²) in [5, 5.41) is 4.93. The quantitative estimate of drug-likeness (QED) is 0.675. The molecule has 1 N–H and O–H groups in total. The number of aromatic amines is 1. The predicted molar refractivity (Wildman–Crippen MR) is 124 cm³/mol. The van der Waals surface area contributed by atoms with E-state index in [-0.39, 0.29) is 17.5 Å². The number of hydrogen-bond acceptors (Lipinski definition) is 4. The minimum atomic E-state index is -0.0937. The molecule has 0 saturated carbocycles. The van der Waals surface area contributed by atoms with Crippen LogP contribution >= 0.6 is 0 Å². The number of likely N-dealkylation sites (tertiary alicyclic amines) is 1. The maximum Gasteiger partial charge on any atom is 0.262 e. The minimum absolute atomic E-state index is 0.0937. The highest BCUT2D eigenvalue weighted by molar-refractivity contribution is 5.73. The first-order valence-electron chi connectivity index (χ1n) is 11.1. The van der Waals surface area contributed by atoms with E-state index in [9.17, 15) is 4.79 Å². The van der Waals surface area contributed by atoms with Gasteiger partial charge in [0.2, 0.25) is 0 Å². The van der Waals surface area contributed by atoms with Crippen molar-refractivity contribution in [2.75, 3.05) is 13.1 Å². The van der Waals surface area contributed by atoms with Crippen LogP contribution in [-0.4, -0.2) is 37.7 Å². The van der Waals surface area contributed by atoms with Gasteiger partial charge in [-0.05, 0) is 42.9 Å². The largest absolute Gasteiger partial charge is 0.310 e. The summed E-state index contributed by atoms with van der Waals surface area (Å²) in [4.78, 5) is 23.0. The van der Waals surface area contributed by atoms with E-state index in [1.165, 1.54) is 16.7 Å². The average Bonchev–Trinajstić information content (AvgIpc) is 3.48. The molecule has 2 atom stereocenters. The molecule has 31 heavy (non-hydrogen) atoms. The number of allylic oxidation sites excluding steroid dienone is 4. The van der Waals surface area contributed by atoms with Gasteiger partial charge in [-0.3, -0.25) is 9.69 Å². The molecule has 6 nitrogen and oxygen atoms in total. The zero-order valence-corrected chi connectivity index (χ0v) is 18.4. The summed E-state index contributed by atoms with van der Waals surface area (Å²) in [6.45, 7) is 9.15. The van der Waals surface area contributed by atoms with Crippen molar-refractivity contribution in [3.8, 4) is 0 Å². The van der Waals surface area contributed by atoms with Crippen LogP contribution in [0, 0.1) is 5.92 Å². The third-order valence-electron chi connectivity index (χ3n) is 6.51. The summed E-state index contributed by atoms with van der Waals surface area (Å²) in [5.41, 5.74) is 4.60. The molecule has 0 spiro atoms. The van der Waals surface area contributed by atoms with Crippen LogP contribution in [0.3, 0.4) is 0 Å². The van der Waals surface area contributed by atoms with Crippen LogP contribution in [-0.2, 0) is 6.54 Å². The minimum Gasteiger partial charge on any atom is -0.310 e. The highest BCUT2D eigenvalue weighted by atomic mass is 16.1. The lowest BCUT2D eigenvalue weighted by molar-refractivity contribution is 0.318. The smallest absolute Gasteiger partial charge is 0.262 e. The zero-order valence-electron chi connectivity index (χ0n) is 18.4. The van der Waals surface area contributed by atoms with Crippen LogP contribution in [0.25, 0.3) is 16.6 Å². The van der Waals surface area contributed by atoms with E-state index in [0.29, 0.717) is 17.0 Å². The number of nitrogens with zero attached hydrogens (tertiary/aromatic N) is 4. The second-order valence-electron chi connectivity index (χ2n) is 9.17. The fraction of sp³-hybridized carbons (Fsp3) is 0.400. The predicted octanol–water partition coefficient (Wildman–Crippen LogP) is 4.28. The van der Waals surface area contributed by atoms with E-state index < -0.39 is 0 Å². The molecule has 1 aliphatic carbocycles. The van der Waals surface area contributed by atoms with Gasteiger partial charge in [0, 0.05) is 31.6 Å². The molecule has 160 valence electrons. The van der Waals surface area contributed by atoms with E-state index in [2.05, 4.69) is 78.2 Å². The molecule has 3 aromatic rings. The summed E-state index contributed by atoms with van der Waals surface area (Å²) in [5.74, 6) is 1.41. The van der Waals surface area contributed by atoms with Gasteiger partial charge >= 0.3 is 0 Å². The van der Waals surface area contributed by atoms with E-state index in [4.69, 9.17) is 4.98 Å². The van der Waals surface area contributed by atoms with Gasteiger partial charge in [0.05, 0.1) is 6.20 Å². The lowest BCUT2D eigenvalue weighted by Gasteiger charge is -2.16. The van der Waals surface area contributed by atoms with Crippen molar-refractivity contribution in [2.45, 2.75) is 45.7 Å². The molecule has 0 bridgehead atoms. The Bertz CT molecular complexity index is 1210. The molecular weight excluding hydrogens is 386 g/mol. The van der Waals surface area contributed by atoms with E-state index >= 15 is 0 Å². The highest BCUT2D eigenvalue weighted by Gasteiger charge is 2.33. The van der Waals surface area contributed by atoms with Gasteiger partial charge in [0.25, 0.3) is 5.56 Å². The molecule has 1 fully saturated rings. The van der Waals surface area contributed by atoms with E-state index in [1.54, 1.807) is 6.20 Å². The maximum atomic E-state index is 12.6. The molecule has 2 aliphatic rings. The molecular formula is C25H29N5O. The number of hydrogen-bond donors (Lipinski definition) is 1. The van der Waals surface area contributed by atoms with Crippen LogP contribution in [0.4, 0.5) is 0 Å². The number of nitrogens with one attached hydrogen (secondary N) is 1. The number of H-pyrrole nitrogens is 1. The van der Waals surface area contributed by atoms with Crippen molar-refractivity contribution in [2.24, 2.45) is 5.92 Å². The number of aromatic nitrogens is 4. The summed E-state index contributed by atoms with van der Waals surface area (Å²) in [7, 11) is 0. The standard InChI is InChI=1S/C25H29N5O/c1-16(2)30-24-21(12-26-30)25(31)28-23(27-24)22-15-29(13-17(22)3)14-18-8-10-20(11-9-18)19-6-4-5-7-19/h4-6,8-12,16-17,22H,7,13-15H2,1-3H3,(H,27,28,31)/t17-,22-/m1/s1. The van der Waals surface area contributed by atoms with Gasteiger partial charge in [-0.15, -0.1) is 0 Å².